The van der Waals surface area contributed by atoms with E-state index in [0.29, 0.717) is 18.0 Å². The molecule has 0 aliphatic carbocycles. The van der Waals surface area contributed by atoms with E-state index in [-0.39, 0.29) is 0 Å². The molecule has 1 rings (SSSR count). The van der Waals surface area contributed by atoms with E-state index < -0.39 is 0 Å². The third kappa shape index (κ3) is 4.69. The molecule has 0 spiro atoms. The first-order valence-electron chi connectivity index (χ1n) is 6.56. The third-order valence-corrected chi connectivity index (χ3v) is 3.33. The summed E-state index contributed by atoms with van der Waals surface area (Å²) in [6, 6.07) is 9.16. The van der Waals surface area contributed by atoms with Gasteiger partial charge in [-0.05, 0) is 37.0 Å². The van der Waals surface area contributed by atoms with Crippen molar-refractivity contribution < 1.29 is 0 Å². The van der Waals surface area contributed by atoms with Crippen molar-refractivity contribution in [2.75, 3.05) is 0 Å². The summed E-state index contributed by atoms with van der Waals surface area (Å²) in [6.45, 7) is 9.00. The topological polar surface area (TPSA) is 12.0 Å². The van der Waals surface area contributed by atoms with Gasteiger partial charge in [0.15, 0.2) is 0 Å². The smallest absolute Gasteiger partial charge is 0.0406 e. The van der Waals surface area contributed by atoms with Gasteiger partial charge in [-0.3, -0.25) is 0 Å². The number of nitrogens with one attached hydrogen (secondary N) is 1. The third-order valence-electron chi connectivity index (χ3n) is 3.08. The lowest BCUT2D eigenvalue weighted by Crippen LogP contribution is -2.33. The SMILES string of the molecule is CCCC(C)NC(c1ccc(Cl)cc1)C(C)C. The molecule has 0 saturated carbocycles. The van der Waals surface area contributed by atoms with E-state index in [1.54, 1.807) is 0 Å². The second kappa shape index (κ2) is 7.03. The minimum Gasteiger partial charge on any atom is -0.307 e. The van der Waals surface area contributed by atoms with Crippen molar-refractivity contribution >= 4 is 11.6 Å². The van der Waals surface area contributed by atoms with Crippen LogP contribution in [0.2, 0.25) is 5.02 Å². The van der Waals surface area contributed by atoms with Gasteiger partial charge in [-0.1, -0.05) is 50.9 Å². The summed E-state index contributed by atoms with van der Waals surface area (Å²) in [6.07, 6.45) is 2.44. The maximum Gasteiger partial charge on any atom is 0.0406 e. The van der Waals surface area contributed by atoms with Crippen LogP contribution in [-0.4, -0.2) is 6.04 Å². The second-order valence-corrected chi connectivity index (χ2v) is 5.57. The van der Waals surface area contributed by atoms with Gasteiger partial charge in [-0.2, -0.15) is 0 Å². The van der Waals surface area contributed by atoms with Crippen molar-refractivity contribution in [3.05, 3.63) is 34.9 Å². The standard InChI is InChI=1S/C15H24ClN/c1-5-6-12(4)17-15(11(2)3)13-7-9-14(16)10-8-13/h7-12,15,17H,5-6H2,1-4H3. The van der Waals surface area contributed by atoms with E-state index in [0.717, 1.165) is 5.02 Å². The fourth-order valence-electron chi connectivity index (χ4n) is 2.17. The normalized spacial score (nSPS) is 14.9. The quantitative estimate of drug-likeness (QED) is 0.767. The van der Waals surface area contributed by atoms with Crippen LogP contribution >= 0.6 is 11.6 Å². The first kappa shape index (κ1) is 14.5. The monoisotopic (exact) mass is 253 g/mol. The number of hydrogen-bond acceptors (Lipinski definition) is 1. The minimum atomic E-state index is 0.411. The zero-order valence-corrected chi connectivity index (χ0v) is 12.1. The van der Waals surface area contributed by atoms with Gasteiger partial charge in [0.2, 0.25) is 0 Å². The number of rotatable bonds is 6. The Hall–Kier alpha value is -0.530. The summed E-state index contributed by atoms with van der Waals surface area (Å²) in [7, 11) is 0. The first-order chi connectivity index (χ1) is 8.04. The van der Waals surface area contributed by atoms with Gasteiger partial charge in [-0.25, -0.2) is 0 Å². The number of halogens is 1. The Morgan fingerprint density at radius 1 is 1.12 bits per heavy atom. The van der Waals surface area contributed by atoms with Gasteiger partial charge in [0.05, 0.1) is 0 Å². The highest BCUT2D eigenvalue weighted by molar-refractivity contribution is 6.30. The molecule has 0 aliphatic heterocycles. The van der Waals surface area contributed by atoms with Gasteiger partial charge in [-0.15, -0.1) is 0 Å². The Morgan fingerprint density at radius 3 is 2.18 bits per heavy atom. The van der Waals surface area contributed by atoms with Gasteiger partial charge >= 0.3 is 0 Å². The van der Waals surface area contributed by atoms with Crippen LogP contribution < -0.4 is 5.32 Å². The summed E-state index contributed by atoms with van der Waals surface area (Å²) in [5.74, 6) is 0.579. The summed E-state index contributed by atoms with van der Waals surface area (Å²) in [5.41, 5.74) is 1.33. The molecular formula is C15H24ClN. The maximum absolute atomic E-state index is 5.93. The Labute approximate surface area is 111 Å². The predicted molar refractivity (Wildman–Crippen MR) is 76.5 cm³/mol. The van der Waals surface area contributed by atoms with E-state index >= 15 is 0 Å². The molecule has 2 unspecified atom stereocenters. The van der Waals surface area contributed by atoms with E-state index in [4.69, 9.17) is 11.6 Å². The van der Waals surface area contributed by atoms with Crippen molar-refractivity contribution in [2.24, 2.45) is 5.92 Å². The molecule has 0 heterocycles. The molecule has 17 heavy (non-hydrogen) atoms. The van der Waals surface area contributed by atoms with Crippen LogP contribution in [0.5, 0.6) is 0 Å². The van der Waals surface area contributed by atoms with Crippen LogP contribution in [0.3, 0.4) is 0 Å². The van der Waals surface area contributed by atoms with E-state index in [9.17, 15) is 0 Å². The molecular weight excluding hydrogens is 230 g/mol. The van der Waals surface area contributed by atoms with Gasteiger partial charge < -0.3 is 5.32 Å². The van der Waals surface area contributed by atoms with Crippen LogP contribution in [0.25, 0.3) is 0 Å². The summed E-state index contributed by atoms with van der Waals surface area (Å²) in [4.78, 5) is 0. The fourth-order valence-corrected chi connectivity index (χ4v) is 2.29. The van der Waals surface area contributed by atoms with Crippen LogP contribution in [-0.2, 0) is 0 Å². The van der Waals surface area contributed by atoms with Gasteiger partial charge in [0.25, 0.3) is 0 Å². The highest BCUT2D eigenvalue weighted by atomic mass is 35.5. The lowest BCUT2D eigenvalue weighted by molar-refractivity contribution is 0.358. The number of hydrogen-bond donors (Lipinski definition) is 1. The highest BCUT2D eigenvalue weighted by Crippen LogP contribution is 2.24. The fraction of sp³-hybridized carbons (Fsp3) is 0.600. The molecule has 2 heteroatoms. The summed E-state index contributed by atoms with van der Waals surface area (Å²) < 4.78 is 0. The Morgan fingerprint density at radius 2 is 1.71 bits per heavy atom. The van der Waals surface area contributed by atoms with Crippen LogP contribution in [0.1, 0.15) is 52.1 Å². The molecule has 1 aromatic carbocycles. The molecule has 2 atom stereocenters. The summed E-state index contributed by atoms with van der Waals surface area (Å²) >= 11 is 5.93. The Bertz CT molecular complexity index is 318. The Kier molecular flexibility index (Phi) is 6.01. The molecule has 0 radical (unpaired) electrons. The largest absolute Gasteiger partial charge is 0.307 e. The lowest BCUT2D eigenvalue weighted by Gasteiger charge is -2.27. The van der Waals surface area contributed by atoms with E-state index in [2.05, 4.69) is 45.1 Å². The lowest BCUT2D eigenvalue weighted by atomic mass is 9.95. The molecule has 1 N–H and O–H groups in total. The zero-order valence-electron chi connectivity index (χ0n) is 11.3. The van der Waals surface area contributed by atoms with Crippen LogP contribution in [0.4, 0.5) is 0 Å². The molecule has 96 valence electrons. The maximum atomic E-state index is 5.93. The first-order valence-corrected chi connectivity index (χ1v) is 6.94. The molecule has 0 saturated heterocycles. The van der Waals surface area contributed by atoms with Gasteiger partial charge in [0, 0.05) is 17.1 Å². The highest BCUT2D eigenvalue weighted by Gasteiger charge is 2.17. The van der Waals surface area contributed by atoms with E-state index in [1.807, 2.05) is 12.1 Å². The number of benzene rings is 1. The molecule has 0 fully saturated rings. The van der Waals surface area contributed by atoms with Crippen molar-refractivity contribution in [1.82, 2.24) is 5.32 Å². The second-order valence-electron chi connectivity index (χ2n) is 5.13. The molecule has 0 aliphatic rings. The zero-order chi connectivity index (χ0) is 12.8. The average molecular weight is 254 g/mol. The molecule has 1 nitrogen and oxygen atoms in total. The average Bonchev–Trinajstić information content (AvgIpc) is 2.27. The summed E-state index contributed by atoms with van der Waals surface area (Å²) in [5, 5.41) is 4.51. The van der Waals surface area contributed by atoms with E-state index in [1.165, 1.54) is 18.4 Å². The minimum absolute atomic E-state index is 0.411. The molecule has 0 bridgehead atoms. The van der Waals surface area contributed by atoms with Crippen molar-refractivity contribution in [1.29, 1.82) is 0 Å². The Balaban J connectivity index is 2.75. The van der Waals surface area contributed by atoms with Crippen LogP contribution in [0.15, 0.2) is 24.3 Å². The van der Waals surface area contributed by atoms with Crippen molar-refractivity contribution in [2.45, 2.75) is 52.6 Å². The molecule has 0 aromatic heterocycles. The van der Waals surface area contributed by atoms with Crippen LogP contribution in [0, 0.1) is 5.92 Å². The van der Waals surface area contributed by atoms with Gasteiger partial charge in [0.1, 0.15) is 0 Å². The predicted octanol–water partition coefficient (Wildman–Crippen LogP) is 4.82. The molecule has 0 amide bonds. The van der Waals surface area contributed by atoms with Crippen molar-refractivity contribution in [3.8, 4) is 0 Å². The van der Waals surface area contributed by atoms with Crippen molar-refractivity contribution in [3.63, 3.8) is 0 Å². The molecule has 1 aromatic rings.